The van der Waals surface area contributed by atoms with Crippen LogP contribution in [0.2, 0.25) is 0 Å². The van der Waals surface area contributed by atoms with Crippen LogP contribution in [0.25, 0.3) is 5.57 Å². The minimum atomic E-state index is -4.28. The van der Waals surface area contributed by atoms with Crippen molar-refractivity contribution in [3.63, 3.8) is 0 Å². The van der Waals surface area contributed by atoms with Crippen molar-refractivity contribution in [2.24, 2.45) is 0 Å². The van der Waals surface area contributed by atoms with Crippen molar-refractivity contribution in [3.8, 4) is 5.75 Å². The Morgan fingerprint density at radius 3 is 1.93 bits per heavy atom. The third-order valence-corrected chi connectivity index (χ3v) is 7.35. The van der Waals surface area contributed by atoms with Crippen molar-refractivity contribution >= 4 is 85.9 Å². The largest absolute Gasteiger partial charge is 1.00 e. The number of carbonyl (C=O) groups excluding carboxylic acids is 1. The zero-order valence-electron chi connectivity index (χ0n) is 15.2. The molecule has 0 fully saturated rings. The maximum absolute atomic E-state index is 12.1. The number of rotatable bonds is 3. The van der Waals surface area contributed by atoms with Crippen molar-refractivity contribution in [1.82, 2.24) is 0 Å². The Labute approximate surface area is 230 Å². The van der Waals surface area contributed by atoms with E-state index in [-0.39, 0.29) is 46.0 Å². The van der Waals surface area contributed by atoms with Crippen molar-refractivity contribution in [2.45, 2.75) is 4.90 Å². The van der Waals surface area contributed by atoms with E-state index in [2.05, 4.69) is 63.7 Å². The smallest absolute Gasteiger partial charge is 0.769 e. The van der Waals surface area contributed by atoms with Crippen LogP contribution in [0, 0.1) is 0 Å². The molecule has 5 nitrogen and oxygen atoms in total. The first-order chi connectivity index (χ1) is 13.5. The summed E-state index contributed by atoms with van der Waals surface area (Å²) in [7, 11) is -4.28. The average Bonchev–Trinajstić information content (AvgIpc) is 2.64. The topological polar surface area (TPSA) is 101 Å². The molecule has 2 aromatic rings. The standard InChI is InChI=1S/C19H12Br4O5S.Na/c20-12-5-9(6-13(21)18(12)24)17(10-7-14(22)19(25)15(23)8-10)11-3-1-2-4-16(11)29(26,27)28;/h1-8,24,26-28H;/q;+1/p-1. The molecular weight excluding hydrogens is 683 g/mol. The monoisotopic (exact) mass is 690 g/mol. The second-order valence-electron chi connectivity index (χ2n) is 5.93. The first kappa shape index (κ1) is 26.5. The summed E-state index contributed by atoms with van der Waals surface area (Å²) in [4.78, 5) is 11.9. The van der Waals surface area contributed by atoms with Gasteiger partial charge in [0.15, 0.2) is 0 Å². The molecule has 11 heteroatoms. The van der Waals surface area contributed by atoms with E-state index in [0.29, 0.717) is 40.2 Å². The summed E-state index contributed by atoms with van der Waals surface area (Å²) in [5.41, 5.74) is 1.88. The summed E-state index contributed by atoms with van der Waals surface area (Å²) < 4.78 is 33.2. The molecule has 0 spiro atoms. The van der Waals surface area contributed by atoms with Gasteiger partial charge in [0.1, 0.15) is 5.75 Å². The van der Waals surface area contributed by atoms with Gasteiger partial charge in [0.2, 0.25) is 5.78 Å². The Morgan fingerprint density at radius 1 is 0.933 bits per heavy atom. The second kappa shape index (κ2) is 10.5. The molecule has 30 heavy (non-hydrogen) atoms. The number of ketones is 1. The Kier molecular flexibility index (Phi) is 9.26. The van der Waals surface area contributed by atoms with Crippen LogP contribution < -0.4 is 29.6 Å². The quantitative estimate of drug-likeness (QED) is 0.421. The Morgan fingerprint density at radius 2 is 1.43 bits per heavy atom. The van der Waals surface area contributed by atoms with Crippen LogP contribution >= 0.6 is 74.6 Å². The number of hydrogen-bond acceptors (Lipinski definition) is 5. The van der Waals surface area contributed by atoms with Gasteiger partial charge in [-0.05, 0) is 116 Å². The SMILES string of the molecule is O=C1C(Br)=CC(=C(c2cc(Br)c(O)c(Br)c2)c2ccccc2S([O-])(O)O)C=C1Br.[Na+]. The predicted octanol–water partition coefficient (Wildman–Crippen LogP) is 4.10. The van der Waals surface area contributed by atoms with Gasteiger partial charge in [-0.25, -0.2) is 0 Å². The van der Waals surface area contributed by atoms with Crippen molar-refractivity contribution < 1.29 is 53.1 Å². The van der Waals surface area contributed by atoms with Crippen LogP contribution in [-0.2, 0) is 4.79 Å². The summed E-state index contributed by atoms with van der Waals surface area (Å²) in [6.07, 6.45) is 3.18. The molecule has 0 bridgehead atoms. The molecule has 3 N–H and O–H groups in total. The van der Waals surface area contributed by atoms with Crippen LogP contribution in [0.3, 0.4) is 0 Å². The van der Waals surface area contributed by atoms with Gasteiger partial charge in [0.05, 0.1) is 17.9 Å². The van der Waals surface area contributed by atoms with E-state index in [1.165, 1.54) is 12.1 Å². The maximum atomic E-state index is 12.1. The molecule has 0 heterocycles. The number of benzene rings is 2. The summed E-state index contributed by atoms with van der Waals surface area (Å²) in [6.45, 7) is 0. The molecule has 0 aliphatic heterocycles. The molecule has 152 valence electrons. The van der Waals surface area contributed by atoms with E-state index in [9.17, 15) is 23.6 Å². The third-order valence-electron chi connectivity index (χ3n) is 4.04. The number of phenolic OH excluding ortho intramolecular Hbond substituents is 1. The normalized spacial score (nSPS) is 14.6. The van der Waals surface area contributed by atoms with Gasteiger partial charge in [-0.3, -0.25) is 4.79 Å². The van der Waals surface area contributed by atoms with Crippen LogP contribution in [0.5, 0.6) is 5.75 Å². The van der Waals surface area contributed by atoms with Gasteiger partial charge < -0.3 is 18.8 Å². The maximum Gasteiger partial charge on any atom is 1.00 e. The number of halogens is 4. The van der Waals surface area contributed by atoms with E-state index in [0.717, 1.165) is 0 Å². The number of carbonyl (C=O) groups is 1. The van der Waals surface area contributed by atoms with Crippen LogP contribution in [0.4, 0.5) is 0 Å². The minimum Gasteiger partial charge on any atom is -0.769 e. The van der Waals surface area contributed by atoms with Gasteiger partial charge in [0, 0.05) is 4.90 Å². The van der Waals surface area contributed by atoms with Gasteiger partial charge in [-0.2, -0.15) is 0 Å². The van der Waals surface area contributed by atoms with E-state index in [1.807, 2.05) is 0 Å². The third kappa shape index (κ3) is 5.60. The molecular formula is C19H11Br4NaO5S. The molecule has 0 unspecified atom stereocenters. The van der Waals surface area contributed by atoms with Crippen molar-refractivity contribution in [1.29, 1.82) is 0 Å². The molecule has 0 amide bonds. The minimum absolute atomic E-state index is 0. The predicted molar refractivity (Wildman–Crippen MR) is 127 cm³/mol. The summed E-state index contributed by atoms with van der Waals surface area (Å²) in [5, 5.41) is 10.1. The number of phenols is 1. The average molecular weight is 694 g/mol. The Balaban J connectivity index is 0.00000320. The summed E-state index contributed by atoms with van der Waals surface area (Å²) in [5.74, 6) is -0.255. The number of Topliss-reactive ketones (excluding diaryl/α,β-unsaturated/α-hetero) is 1. The van der Waals surface area contributed by atoms with Crippen molar-refractivity contribution in [3.05, 3.63) is 83.2 Å². The first-order valence-electron chi connectivity index (χ1n) is 7.81. The van der Waals surface area contributed by atoms with Gasteiger partial charge in [0.25, 0.3) is 0 Å². The summed E-state index contributed by atoms with van der Waals surface area (Å²) in [6, 6.07) is 9.43. The fraction of sp³-hybridized carbons (Fsp3) is 0. The Hall–Kier alpha value is 0.280. The molecule has 3 rings (SSSR count). The molecule has 0 saturated carbocycles. The van der Waals surface area contributed by atoms with E-state index in [4.69, 9.17) is 0 Å². The molecule has 0 aromatic heterocycles. The zero-order chi connectivity index (χ0) is 21.5. The van der Waals surface area contributed by atoms with E-state index >= 15 is 0 Å². The summed E-state index contributed by atoms with van der Waals surface area (Å²) >= 11 is 13.1. The van der Waals surface area contributed by atoms with Crippen LogP contribution in [0.1, 0.15) is 11.1 Å². The Bertz CT molecular complexity index is 1080. The molecule has 0 saturated heterocycles. The number of allylic oxidation sites excluding steroid dienone is 5. The zero-order valence-corrected chi connectivity index (χ0v) is 24.4. The fourth-order valence-corrected chi connectivity index (χ4v) is 5.88. The number of aromatic hydroxyl groups is 1. The molecule has 1 aliphatic rings. The molecule has 2 aromatic carbocycles. The van der Waals surface area contributed by atoms with E-state index in [1.54, 1.807) is 36.4 Å². The second-order valence-corrected chi connectivity index (χ2v) is 10.8. The molecule has 0 atom stereocenters. The van der Waals surface area contributed by atoms with Gasteiger partial charge in [-0.1, -0.05) is 29.1 Å². The number of hydrogen-bond donors (Lipinski definition) is 3. The van der Waals surface area contributed by atoms with E-state index < -0.39 is 10.9 Å². The first-order valence-corrected chi connectivity index (χ1v) is 12.5. The molecule has 1 aliphatic carbocycles. The van der Waals surface area contributed by atoms with Crippen molar-refractivity contribution in [2.75, 3.05) is 0 Å². The van der Waals surface area contributed by atoms with Crippen LogP contribution in [0.15, 0.2) is 76.9 Å². The van der Waals surface area contributed by atoms with Crippen LogP contribution in [-0.4, -0.2) is 24.5 Å². The van der Waals surface area contributed by atoms with Gasteiger partial charge in [-0.15, -0.1) is 0 Å². The fourth-order valence-electron chi connectivity index (χ4n) is 2.80. The van der Waals surface area contributed by atoms with Gasteiger partial charge >= 0.3 is 29.6 Å². The molecule has 0 radical (unpaired) electrons.